The minimum Gasteiger partial charge on any atom is -0.288 e. The first-order valence-electron chi connectivity index (χ1n) is 4.16. The lowest BCUT2D eigenvalue weighted by Gasteiger charge is -2.03. The van der Waals surface area contributed by atoms with Gasteiger partial charge < -0.3 is 0 Å². The van der Waals surface area contributed by atoms with Crippen LogP contribution in [0.4, 0.5) is 8.78 Å². The third-order valence-electron chi connectivity index (χ3n) is 1.67. The van der Waals surface area contributed by atoms with E-state index < -0.39 is 12.2 Å². The quantitative estimate of drug-likeness (QED) is 0.701. The van der Waals surface area contributed by atoms with Crippen LogP contribution in [0.2, 0.25) is 0 Å². The van der Waals surface area contributed by atoms with Gasteiger partial charge in [0.1, 0.15) is 5.82 Å². The molecule has 0 aromatic carbocycles. The zero-order valence-electron chi connectivity index (χ0n) is 7.87. The van der Waals surface area contributed by atoms with Crippen LogP contribution in [0.15, 0.2) is 12.4 Å². The molecule has 0 N–H and O–H groups in total. The van der Waals surface area contributed by atoms with Crippen LogP contribution in [0.1, 0.15) is 35.9 Å². The molecular formula is C9H10F2N2O. The van der Waals surface area contributed by atoms with E-state index in [-0.39, 0.29) is 11.5 Å². The number of hydrogen-bond acceptors (Lipinski definition) is 3. The number of hydrogen-bond donors (Lipinski definition) is 0. The van der Waals surface area contributed by atoms with E-state index in [1.165, 1.54) is 0 Å². The van der Waals surface area contributed by atoms with Gasteiger partial charge in [0.25, 0.3) is 0 Å². The molecule has 5 heteroatoms. The van der Waals surface area contributed by atoms with E-state index in [1.54, 1.807) is 0 Å². The molecule has 0 aliphatic rings. The fourth-order valence-corrected chi connectivity index (χ4v) is 0.889. The first-order valence-corrected chi connectivity index (χ1v) is 4.16. The van der Waals surface area contributed by atoms with Crippen LogP contribution in [0.5, 0.6) is 0 Å². The second-order valence-corrected chi connectivity index (χ2v) is 3.15. The molecule has 0 saturated carbocycles. The van der Waals surface area contributed by atoms with Gasteiger partial charge in [-0.15, -0.1) is 0 Å². The number of halogens is 2. The number of alkyl halides is 2. The second kappa shape index (κ2) is 4.21. The molecule has 3 nitrogen and oxygen atoms in total. The molecule has 0 bridgehead atoms. The van der Waals surface area contributed by atoms with Crippen LogP contribution < -0.4 is 0 Å². The van der Waals surface area contributed by atoms with Crippen molar-refractivity contribution in [3.8, 4) is 0 Å². The predicted molar refractivity (Wildman–Crippen MR) is 46.5 cm³/mol. The Balaban J connectivity index is 2.89. The Labute approximate surface area is 80.2 Å². The van der Waals surface area contributed by atoms with Gasteiger partial charge in [-0.05, 0) is 0 Å². The normalized spacial score (nSPS) is 11.0. The average Bonchev–Trinajstić information content (AvgIpc) is 2.16. The molecule has 0 aliphatic heterocycles. The van der Waals surface area contributed by atoms with Crippen molar-refractivity contribution in [2.75, 3.05) is 0 Å². The maximum atomic E-state index is 12.0. The zero-order chi connectivity index (χ0) is 10.7. The summed E-state index contributed by atoms with van der Waals surface area (Å²) in [5.41, 5.74) is -0.149. The van der Waals surface area contributed by atoms with Crippen molar-refractivity contribution in [3.63, 3.8) is 0 Å². The Hall–Kier alpha value is -1.39. The van der Waals surface area contributed by atoms with E-state index in [9.17, 15) is 13.6 Å². The summed E-state index contributed by atoms with van der Waals surface area (Å²) in [7, 11) is 0. The van der Waals surface area contributed by atoms with Gasteiger partial charge in [-0.1, -0.05) is 13.8 Å². The Morgan fingerprint density at radius 3 is 2.14 bits per heavy atom. The molecule has 1 heterocycles. The number of Topliss-reactive ketones (excluding diaryl/α,β-unsaturated/α-hetero) is 1. The molecule has 0 atom stereocenters. The second-order valence-electron chi connectivity index (χ2n) is 3.15. The Bertz CT molecular complexity index is 322. The predicted octanol–water partition coefficient (Wildman–Crippen LogP) is 2.05. The Morgan fingerprint density at radius 1 is 1.29 bits per heavy atom. The summed E-state index contributed by atoms with van der Waals surface area (Å²) in [4.78, 5) is 18.4. The highest BCUT2D eigenvalue weighted by Gasteiger charge is 2.18. The highest BCUT2D eigenvalue weighted by molar-refractivity contribution is 5.97. The van der Waals surface area contributed by atoms with Crippen molar-refractivity contribution in [1.29, 1.82) is 0 Å². The van der Waals surface area contributed by atoms with Crippen LogP contribution >= 0.6 is 0 Å². The minimum atomic E-state index is -3.00. The highest BCUT2D eigenvalue weighted by Crippen LogP contribution is 2.10. The molecule has 0 amide bonds. The molecule has 14 heavy (non-hydrogen) atoms. The van der Waals surface area contributed by atoms with Gasteiger partial charge in [0.05, 0.1) is 5.56 Å². The van der Waals surface area contributed by atoms with Gasteiger partial charge in [-0.25, -0.2) is 18.7 Å². The molecule has 1 aromatic heterocycles. The Morgan fingerprint density at radius 2 is 1.79 bits per heavy atom. The maximum Gasteiger partial charge on any atom is 0.300 e. The van der Waals surface area contributed by atoms with Crippen LogP contribution in [-0.2, 0) is 0 Å². The van der Waals surface area contributed by atoms with E-state index in [2.05, 4.69) is 9.97 Å². The lowest BCUT2D eigenvalue weighted by molar-refractivity contribution is 0.0678. The lowest BCUT2D eigenvalue weighted by atomic mass is 10.2. The van der Waals surface area contributed by atoms with Gasteiger partial charge in [-0.2, -0.15) is 0 Å². The number of carbonyl (C=O) groups is 1. The van der Waals surface area contributed by atoms with E-state index in [0.29, 0.717) is 5.82 Å². The standard InChI is InChI=1S/C9H10F2N2O/c1-5(2)9-12-3-6(4-13-9)7(14)8(10)11/h3-5,8H,1-2H3. The molecular weight excluding hydrogens is 190 g/mol. The van der Waals surface area contributed by atoms with Crippen molar-refractivity contribution in [2.45, 2.75) is 26.2 Å². The summed E-state index contributed by atoms with van der Waals surface area (Å²) in [6.07, 6.45) is -0.725. The van der Waals surface area contributed by atoms with Crippen LogP contribution in [0.3, 0.4) is 0 Å². The van der Waals surface area contributed by atoms with Gasteiger partial charge >= 0.3 is 6.43 Å². The van der Waals surface area contributed by atoms with E-state index in [4.69, 9.17) is 0 Å². The third-order valence-corrected chi connectivity index (χ3v) is 1.67. The molecule has 0 saturated heterocycles. The summed E-state index contributed by atoms with van der Waals surface area (Å²) in [5, 5.41) is 0. The molecule has 0 fully saturated rings. The summed E-state index contributed by atoms with van der Waals surface area (Å²) in [5.74, 6) is -0.582. The molecule has 0 aliphatic carbocycles. The van der Waals surface area contributed by atoms with Crippen molar-refractivity contribution >= 4 is 5.78 Å². The molecule has 0 spiro atoms. The first kappa shape index (κ1) is 10.7. The first-order chi connectivity index (χ1) is 6.52. The van der Waals surface area contributed by atoms with Gasteiger partial charge in [0.2, 0.25) is 5.78 Å². The smallest absolute Gasteiger partial charge is 0.288 e. The minimum absolute atomic E-state index is 0.116. The molecule has 0 radical (unpaired) electrons. The SMILES string of the molecule is CC(C)c1ncc(C(=O)C(F)F)cn1. The van der Waals surface area contributed by atoms with E-state index >= 15 is 0 Å². The van der Waals surface area contributed by atoms with Crippen LogP contribution in [0, 0.1) is 0 Å². The fourth-order valence-electron chi connectivity index (χ4n) is 0.889. The zero-order valence-corrected chi connectivity index (χ0v) is 7.87. The lowest BCUT2D eigenvalue weighted by Crippen LogP contribution is -2.11. The van der Waals surface area contributed by atoms with Gasteiger partial charge in [-0.3, -0.25) is 4.79 Å². The highest BCUT2D eigenvalue weighted by atomic mass is 19.3. The number of rotatable bonds is 3. The van der Waals surface area contributed by atoms with Gasteiger partial charge in [0, 0.05) is 18.3 Å². The number of carbonyl (C=O) groups excluding carboxylic acids is 1. The van der Waals surface area contributed by atoms with Crippen molar-refractivity contribution in [3.05, 3.63) is 23.8 Å². The van der Waals surface area contributed by atoms with Gasteiger partial charge in [0.15, 0.2) is 0 Å². The van der Waals surface area contributed by atoms with Crippen LogP contribution in [0.25, 0.3) is 0 Å². The van der Waals surface area contributed by atoms with E-state index in [0.717, 1.165) is 12.4 Å². The van der Waals surface area contributed by atoms with E-state index in [1.807, 2.05) is 13.8 Å². The maximum absolute atomic E-state index is 12.0. The number of ketones is 1. The average molecular weight is 200 g/mol. The summed E-state index contributed by atoms with van der Waals surface area (Å²) < 4.78 is 23.9. The summed E-state index contributed by atoms with van der Waals surface area (Å²) >= 11 is 0. The van der Waals surface area contributed by atoms with Crippen LogP contribution in [-0.4, -0.2) is 22.2 Å². The third kappa shape index (κ3) is 2.31. The molecule has 1 aromatic rings. The fraction of sp³-hybridized carbons (Fsp3) is 0.444. The van der Waals surface area contributed by atoms with Crippen molar-refractivity contribution < 1.29 is 13.6 Å². The summed E-state index contributed by atoms with van der Waals surface area (Å²) in [6.45, 7) is 3.76. The number of aromatic nitrogens is 2. The molecule has 1 rings (SSSR count). The van der Waals surface area contributed by atoms with Crippen molar-refractivity contribution in [2.24, 2.45) is 0 Å². The number of nitrogens with zero attached hydrogens (tertiary/aromatic N) is 2. The monoisotopic (exact) mass is 200 g/mol. The Kier molecular flexibility index (Phi) is 3.22. The molecule has 0 unspecified atom stereocenters. The largest absolute Gasteiger partial charge is 0.300 e. The molecule has 76 valence electrons. The summed E-state index contributed by atoms with van der Waals surface area (Å²) in [6, 6.07) is 0. The topological polar surface area (TPSA) is 42.9 Å². The van der Waals surface area contributed by atoms with Crippen molar-refractivity contribution in [1.82, 2.24) is 9.97 Å².